The maximum atomic E-state index is 12.2. The molecule has 0 unspecified atom stereocenters. The van der Waals surface area contributed by atoms with E-state index in [-0.39, 0.29) is 5.91 Å². The second-order valence-corrected chi connectivity index (χ2v) is 5.91. The van der Waals surface area contributed by atoms with Crippen molar-refractivity contribution in [2.75, 3.05) is 12.3 Å². The molecule has 1 heterocycles. The highest BCUT2D eigenvalue weighted by Crippen LogP contribution is 2.37. The minimum absolute atomic E-state index is 0.135. The lowest BCUT2D eigenvalue weighted by molar-refractivity contribution is 0.0447. The summed E-state index contributed by atoms with van der Waals surface area (Å²) in [4.78, 5) is 12.2. The summed E-state index contributed by atoms with van der Waals surface area (Å²) in [5, 5.41) is 13.1. The number of hydrogen-bond acceptors (Lipinski definition) is 3. The number of hydrogen-bond donors (Lipinski definition) is 3. The second kappa shape index (κ2) is 4.56. The van der Waals surface area contributed by atoms with Crippen LogP contribution < -0.4 is 11.1 Å². The molecule has 0 saturated heterocycles. The van der Waals surface area contributed by atoms with Gasteiger partial charge in [0.1, 0.15) is 5.69 Å². The zero-order valence-electron chi connectivity index (χ0n) is 11.1. The predicted molar refractivity (Wildman–Crippen MR) is 72.9 cm³/mol. The van der Waals surface area contributed by atoms with Crippen LogP contribution in [0.3, 0.4) is 0 Å². The number of nitrogens with one attached hydrogen (secondary N) is 1. The lowest BCUT2D eigenvalue weighted by atomic mass is 10.0. The van der Waals surface area contributed by atoms with Crippen LogP contribution in [0.5, 0.6) is 0 Å². The van der Waals surface area contributed by atoms with Gasteiger partial charge in [0.15, 0.2) is 0 Å². The van der Waals surface area contributed by atoms with Crippen LogP contribution in [0.4, 0.5) is 5.69 Å². The molecule has 1 aromatic heterocycles. The average molecular weight is 263 g/mol. The van der Waals surface area contributed by atoms with E-state index in [1.165, 1.54) is 0 Å². The number of carbonyl (C=O) groups excluding carboxylic acids is 1. The van der Waals surface area contributed by atoms with Crippen LogP contribution in [0.2, 0.25) is 0 Å². The van der Waals surface area contributed by atoms with Crippen LogP contribution in [-0.2, 0) is 0 Å². The number of rotatable bonds is 4. The third kappa shape index (κ3) is 2.61. The van der Waals surface area contributed by atoms with Gasteiger partial charge in [0.25, 0.3) is 5.91 Å². The molecule has 4 N–H and O–H groups in total. The van der Waals surface area contributed by atoms with Gasteiger partial charge >= 0.3 is 0 Å². The Kier molecular flexibility index (Phi) is 3.01. The summed E-state index contributed by atoms with van der Waals surface area (Å²) in [6, 6.07) is 2.14. The predicted octanol–water partition coefficient (Wildman–Crippen LogP) is 1.44. The van der Waals surface area contributed by atoms with Crippen molar-refractivity contribution in [2.45, 2.75) is 50.2 Å². The van der Waals surface area contributed by atoms with E-state index >= 15 is 0 Å². The molecule has 0 atom stereocenters. The molecule has 2 aliphatic carbocycles. The Balaban J connectivity index is 1.66. The molecule has 5 nitrogen and oxygen atoms in total. The largest absolute Gasteiger partial charge is 0.397 e. The summed E-state index contributed by atoms with van der Waals surface area (Å²) in [5.41, 5.74) is 6.30. The van der Waals surface area contributed by atoms with Crippen LogP contribution in [0.25, 0.3) is 0 Å². The zero-order chi connectivity index (χ0) is 13.5. The van der Waals surface area contributed by atoms with E-state index in [0.717, 1.165) is 38.5 Å². The highest BCUT2D eigenvalue weighted by atomic mass is 16.3. The van der Waals surface area contributed by atoms with Crippen LogP contribution in [0, 0.1) is 0 Å². The van der Waals surface area contributed by atoms with Gasteiger partial charge in [-0.2, -0.15) is 0 Å². The van der Waals surface area contributed by atoms with E-state index < -0.39 is 5.60 Å². The lowest BCUT2D eigenvalue weighted by Gasteiger charge is -2.22. The number of nitrogens with two attached hydrogens (primary N) is 1. The van der Waals surface area contributed by atoms with E-state index in [1.807, 2.05) is 10.8 Å². The van der Waals surface area contributed by atoms with Gasteiger partial charge in [0.2, 0.25) is 0 Å². The Bertz CT molecular complexity index is 485. The first kappa shape index (κ1) is 12.5. The van der Waals surface area contributed by atoms with Crippen LogP contribution >= 0.6 is 0 Å². The fraction of sp³-hybridized carbons (Fsp3) is 0.643. The average Bonchev–Trinajstić information content (AvgIpc) is 3.02. The molecule has 1 amide bonds. The van der Waals surface area contributed by atoms with Crippen molar-refractivity contribution in [3.63, 3.8) is 0 Å². The normalized spacial score (nSPS) is 21.5. The summed E-state index contributed by atoms with van der Waals surface area (Å²) < 4.78 is 1.96. The minimum Gasteiger partial charge on any atom is -0.397 e. The second-order valence-electron chi connectivity index (χ2n) is 5.91. The Morgan fingerprint density at radius 1 is 1.47 bits per heavy atom. The van der Waals surface area contributed by atoms with E-state index in [4.69, 9.17) is 5.73 Å². The summed E-state index contributed by atoms with van der Waals surface area (Å²) in [7, 11) is 0. The standard InChI is InChI=1S/C14H21N3O2/c15-10-7-12(17(8-10)11-3-4-11)13(18)16-9-14(19)5-1-2-6-14/h7-8,11,19H,1-6,9,15H2,(H,16,18). The van der Waals surface area contributed by atoms with Crippen molar-refractivity contribution >= 4 is 11.6 Å². The number of aromatic nitrogens is 1. The number of nitrogen functional groups attached to an aromatic ring is 1. The Morgan fingerprint density at radius 3 is 2.79 bits per heavy atom. The van der Waals surface area contributed by atoms with Gasteiger partial charge in [0.05, 0.1) is 11.3 Å². The molecule has 0 spiro atoms. The van der Waals surface area contributed by atoms with Gasteiger partial charge in [-0.05, 0) is 31.7 Å². The molecule has 1 aromatic rings. The van der Waals surface area contributed by atoms with Crippen LogP contribution in [0.1, 0.15) is 55.1 Å². The van der Waals surface area contributed by atoms with Crippen LogP contribution in [0.15, 0.2) is 12.3 Å². The number of aliphatic hydroxyl groups is 1. The monoisotopic (exact) mass is 263 g/mol. The quantitative estimate of drug-likeness (QED) is 0.769. The van der Waals surface area contributed by atoms with Gasteiger partial charge in [-0.15, -0.1) is 0 Å². The van der Waals surface area contributed by atoms with Crippen molar-refractivity contribution in [1.82, 2.24) is 9.88 Å². The van der Waals surface area contributed by atoms with E-state index in [2.05, 4.69) is 5.32 Å². The molecule has 0 aliphatic heterocycles. The number of carbonyl (C=O) groups is 1. The maximum Gasteiger partial charge on any atom is 0.268 e. The maximum absolute atomic E-state index is 12.2. The van der Waals surface area contributed by atoms with Crippen molar-refractivity contribution in [2.24, 2.45) is 0 Å². The first-order valence-electron chi connectivity index (χ1n) is 7.05. The molecule has 2 aliphatic rings. The SMILES string of the molecule is Nc1cc(C(=O)NCC2(O)CCCC2)n(C2CC2)c1. The van der Waals surface area contributed by atoms with Gasteiger partial charge in [0, 0.05) is 18.8 Å². The first-order valence-corrected chi connectivity index (χ1v) is 7.05. The molecule has 2 fully saturated rings. The molecular formula is C14H21N3O2. The molecule has 0 bridgehead atoms. The minimum atomic E-state index is -0.710. The number of anilines is 1. The van der Waals surface area contributed by atoms with E-state index in [1.54, 1.807) is 6.07 Å². The molecule has 104 valence electrons. The van der Waals surface area contributed by atoms with E-state index in [9.17, 15) is 9.90 Å². The summed E-state index contributed by atoms with van der Waals surface area (Å²) in [6.45, 7) is 0.335. The molecule has 19 heavy (non-hydrogen) atoms. The molecule has 2 saturated carbocycles. The lowest BCUT2D eigenvalue weighted by Crippen LogP contribution is -2.41. The van der Waals surface area contributed by atoms with Crippen molar-refractivity contribution < 1.29 is 9.90 Å². The fourth-order valence-corrected chi connectivity index (χ4v) is 2.88. The van der Waals surface area contributed by atoms with Gasteiger partial charge in [-0.1, -0.05) is 12.8 Å². The van der Waals surface area contributed by atoms with Crippen molar-refractivity contribution in [3.05, 3.63) is 18.0 Å². The molecule has 0 radical (unpaired) electrons. The Morgan fingerprint density at radius 2 is 2.16 bits per heavy atom. The van der Waals surface area contributed by atoms with Gasteiger partial charge < -0.3 is 20.7 Å². The highest BCUT2D eigenvalue weighted by Gasteiger charge is 2.32. The van der Waals surface area contributed by atoms with Gasteiger partial charge in [-0.3, -0.25) is 4.79 Å². The summed E-state index contributed by atoms with van der Waals surface area (Å²) in [5.74, 6) is -0.135. The Hall–Kier alpha value is -1.49. The van der Waals surface area contributed by atoms with Crippen LogP contribution in [-0.4, -0.2) is 27.7 Å². The molecule has 5 heteroatoms. The topological polar surface area (TPSA) is 80.3 Å². The first-order chi connectivity index (χ1) is 9.07. The smallest absolute Gasteiger partial charge is 0.268 e. The van der Waals surface area contributed by atoms with E-state index in [0.29, 0.717) is 24.0 Å². The van der Waals surface area contributed by atoms with Crippen molar-refractivity contribution in [3.8, 4) is 0 Å². The molecule has 3 rings (SSSR count). The van der Waals surface area contributed by atoms with Gasteiger partial charge in [-0.25, -0.2) is 0 Å². The summed E-state index contributed by atoms with van der Waals surface area (Å²) >= 11 is 0. The van der Waals surface area contributed by atoms with Crippen molar-refractivity contribution in [1.29, 1.82) is 0 Å². The molecule has 0 aromatic carbocycles. The number of nitrogens with zero attached hydrogens (tertiary/aromatic N) is 1. The fourth-order valence-electron chi connectivity index (χ4n) is 2.88. The summed E-state index contributed by atoms with van der Waals surface area (Å²) in [6.07, 6.45) is 7.68. The number of amides is 1. The third-order valence-electron chi connectivity index (χ3n) is 4.15. The highest BCUT2D eigenvalue weighted by molar-refractivity contribution is 5.94. The zero-order valence-corrected chi connectivity index (χ0v) is 11.1. The third-order valence-corrected chi connectivity index (χ3v) is 4.15. The Labute approximate surface area is 112 Å². The molecular weight excluding hydrogens is 242 g/mol.